The monoisotopic (exact) mass is 605 g/mol. The van der Waals surface area contributed by atoms with Crippen LogP contribution in [0.25, 0.3) is 27.9 Å². The molecule has 1 aliphatic rings. The summed E-state index contributed by atoms with van der Waals surface area (Å²) in [4.78, 5) is 49.9. The summed E-state index contributed by atoms with van der Waals surface area (Å²) in [6, 6.07) is 10.5. The molecule has 1 aliphatic heterocycles. The van der Waals surface area contributed by atoms with Crippen LogP contribution in [0, 0.1) is 12.7 Å². The highest BCUT2D eigenvalue weighted by molar-refractivity contribution is 6.33. The Morgan fingerprint density at radius 2 is 2.07 bits per heavy atom. The number of aryl methyl sites for hydroxylation is 1. The first kappa shape index (κ1) is 28.4. The zero-order chi connectivity index (χ0) is 30.2. The fourth-order valence-electron chi connectivity index (χ4n) is 5.19. The van der Waals surface area contributed by atoms with Crippen LogP contribution in [-0.2, 0) is 16.0 Å². The van der Waals surface area contributed by atoms with Crippen molar-refractivity contribution >= 4 is 40.2 Å². The number of halogens is 2. The van der Waals surface area contributed by atoms with Crippen molar-refractivity contribution < 1.29 is 28.0 Å². The maximum absolute atomic E-state index is 14.9. The Balaban J connectivity index is 1.67. The molecule has 4 aromatic heterocycles. The van der Waals surface area contributed by atoms with Gasteiger partial charge in [0.05, 0.1) is 35.2 Å². The quantitative estimate of drug-likeness (QED) is 0.204. The summed E-state index contributed by atoms with van der Waals surface area (Å²) < 4.78 is 34.2. The number of ether oxygens (including phenoxy) is 2. The van der Waals surface area contributed by atoms with Crippen LogP contribution < -0.4 is 11.0 Å². The number of amides is 1. The van der Waals surface area contributed by atoms with E-state index in [9.17, 15) is 18.8 Å². The Bertz CT molecular complexity index is 2020. The Labute approximate surface area is 248 Å². The first-order valence-electron chi connectivity index (χ1n) is 13.6. The molecule has 43 heavy (non-hydrogen) atoms. The molecule has 0 aliphatic carbocycles. The number of aromatic nitrogens is 4. The van der Waals surface area contributed by atoms with Gasteiger partial charge in [-0.2, -0.15) is 4.99 Å². The van der Waals surface area contributed by atoms with Gasteiger partial charge in [0.15, 0.2) is 5.49 Å². The Hall–Kier alpha value is -4.68. The predicted molar refractivity (Wildman–Crippen MR) is 153 cm³/mol. The lowest BCUT2D eigenvalue weighted by atomic mass is 10.1. The van der Waals surface area contributed by atoms with E-state index in [1.165, 1.54) is 40.2 Å². The minimum atomic E-state index is -0.878. The van der Waals surface area contributed by atoms with Crippen LogP contribution >= 0.6 is 11.6 Å². The molecule has 1 amide bonds. The molecule has 1 aromatic carbocycles. The van der Waals surface area contributed by atoms with Gasteiger partial charge in [-0.25, -0.2) is 14.2 Å². The Kier molecular flexibility index (Phi) is 7.63. The molecule has 1 saturated heterocycles. The topological polar surface area (TPSA) is 130 Å². The fraction of sp³-hybridized carbons (Fsp3) is 0.267. The molecule has 13 heteroatoms. The molecule has 5 aromatic rings. The second-order valence-corrected chi connectivity index (χ2v) is 10.3. The molecule has 11 nitrogen and oxygen atoms in total. The normalized spacial score (nSPS) is 15.4. The van der Waals surface area contributed by atoms with Crippen LogP contribution in [0.4, 0.5) is 4.39 Å². The molecule has 0 bridgehead atoms. The third-order valence-corrected chi connectivity index (χ3v) is 7.49. The lowest BCUT2D eigenvalue weighted by Gasteiger charge is -2.18. The van der Waals surface area contributed by atoms with Crippen molar-refractivity contribution in [2.45, 2.75) is 39.3 Å². The number of benzene rings is 1. The molecule has 0 unspecified atom stereocenters. The molecular formula is C30H25ClFN5O6. The van der Waals surface area contributed by atoms with Crippen molar-refractivity contribution in [2.75, 3.05) is 13.2 Å². The Morgan fingerprint density at radius 3 is 2.81 bits per heavy atom. The summed E-state index contributed by atoms with van der Waals surface area (Å²) in [5.74, 6) is -2.32. The first-order chi connectivity index (χ1) is 20.8. The minimum Gasteiger partial charge on any atom is -0.462 e. The molecule has 1 fully saturated rings. The molecule has 0 spiro atoms. The largest absolute Gasteiger partial charge is 0.462 e. The summed E-state index contributed by atoms with van der Waals surface area (Å²) in [6.45, 7) is 3.83. The number of nitrogens with zero attached hydrogens (tertiary/aromatic N) is 5. The molecular weight excluding hydrogens is 581 g/mol. The lowest BCUT2D eigenvalue weighted by molar-refractivity contribution is 0.0521. The van der Waals surface area contributed by atoms with E-state index in [2.05, 4.69) is 10.1 Å². The van der Waals surface area contributed by atoms with Crippen LogP contribution in [0.15, 0.2) is 63.0 Å². The second-order valence-electron chi connectivity index (χ2n) is 9.91. The molecule has 0 saturated carbocycles. The molecule has 0 N–H and O–H groups in total. The Morgan fingerprint density at radius 1 is 1.23 bits per heavy atom. The van der Waals surface area contributed by atoms with Crippen LogP contribution in [0.3, 0.4) is 0 Å². The number of carbonyl (C=O) groups excluding carboxylic acids is 2. The molecule has 5 heterocycles. The van der Waals surface area contributed by atoms with Gasteiger partial charge in [-0.15, -0.1) is 0 Å². The van der Waals surface area contributed by atoms with E-state index >= 15 is 0 Å². The van der Waals surface area contributed by atoms with Crippen molar-refractivity contribution in [1.29, 1.82) is 0 Å². The van der Waals surface area contributed by atoms with E-state index in [1.54, 1.807) is 31.3 Å². The third kappa shape index (κ3) is 5.12. The number of esters is 1. The fourth-order valence-corrected chi connectivity index (χ4v) is 5.45. The zero-order valence-electron chi connectivity index (χ0n) is 23.2. The molecule has 220 valence electrons. The predicted octanol–water partition coefficient (Wildman–Crippen LogP) is 4.50. The van der Waals surface area contributed by atoms with Crippen LogP contribution in [-0.4, -0.2) is 50.3 Å². The number of pyridine rings is 2. The van der Waals surface area contributed by atoms with E-state index in [4.69, 9.17) is 30.6 Å². The van der Waals surface area contributed by atoms with Gasteiger partial charge in [0.25, 0.3) is 11.5 Å². The van der Waals surface area contributed by atoms with Gasteiger partial charge in [-0.3, -0.25) is 14.0 Å². The highest BCUT2D eigenvalue weighted by Crippen LogP contribution is 2.33. The van der Waals surface area contributed by atoms with E-state index in [1.807, 2.05) is 0 Å². The van der Waals surface area contributed by atoms with Crippen molar-refractivity contribution in [3.8, 4) is 11.3 Å². The molecule has 0 radical (unpaired) electrons. The van der Waals surface area contributed by atoms with E-state index < -0.39 is 23.3 Å². The third-order valence-electron chi connectivity index (χ3n) is 7.18. The van der Waals surface area contributed by atoms with Crippen molar-refractivity contribution in [1.82, 2.24) is 19.1 Å². The van der Waals surface area contributed by atoms with E-state index in [-0.39, 0.29) is 68.9 Å². The van der Waals surface area contributed by atoms with Gasteiger partial charge in [0.2, 0.25) is 0 Å². The van der Waals surface area contributed by atoms with Crippen LogP contribution in [0.2, 0.25) is 5.02 Å². The summed E-state index contributed by atoms with van der Waals surface area (Å²) in [5.41, 5.74) is -0.509. The highest BCUT2D eigenvalue weighted by Gasteiger charge is 2.28. The van der Waals surface area contributed by atoms with Gasteiger partial charge in [-0.05, 0) is 57.0 Å². The van der Waals surface area contributed by atoms with Gasteiger partial charge >= 0.3 is 5.97 Å². The maximum atomic E-state index is 14.9. The first-order valence-corrected chi connectivity index (χ1v) is 14.0. The van der Waals surface area contributed by atoms with Crippen molar-refractivity contribution in [3.63, 3.8) is 0 Å². The summed E-state index contributed by atoms with van der Waals surface area (Å²) >= 11 is 6.28. The number of hydrogen-bond acceptors (Lipinski definition) is 8. The highest BCUT2D eigenvalue weighted by atomic mass is 35.5. The number of carbonyl (C=O) groups is 2. The van der Waals surface area contributed by atoms with Crippen molar-refractivity contribution in [2.24, 2.45) is 4.99 Å². The van der Waals surface area contributed by atoms with Crippen LogP contribution in [0.5, 0.6) is 0 Å². The average Bonchev–Trinajstić information content (AvgIpc) is 3.64. The van der Waals surface area contributed by atoms with Gasteiger partial charge in [0.1, 0.15) is 39.7 Å². The lowest BCUT2D eigenvalue weighted by Crippen LogP contribution is -2.35. The van der Waals surface area contributed by atoms with Crippen molar-refractivity contribution in [3.05, 3.63) is 92.2 Å². The van der Waals surface area contributed by atoms with Gasteiger partial charge in [0, 0.05) is 12.8 Å². The standard InChI is InChI=1S/C30H25ClFN5O6/c1-3-41-30(40)19-14-18-26(33-22-11-4-5-12-36(22)29(18)39)37(15-17-8-7-13-42-17)27(19)34-28(38)23-16(2)43-35-25(23)24-20(31)9-6-10-21(24)32/h4-6,9-12,14,17H,3,7-8,13,15H2,1-2H3/t17-/m1/s1. The number of fused-ring (bicyclic) bond motifs is 2. The van der Waals surface area contributed by atoms with Gasteiger partial charge < -0.3 is 18.6 Å². The number of hydrogen-bond donors (Lipinski definition) is 0. The maximum Gasteiger partial charge on any atom is 0.341 e. The molecule has 1 atom stereocenters. The summed E-state index contributed by atoms with van der Waals surface area (Å²) in [5, 5.41) is 4.04. The summed E-state index contributed by atoms with van der Waals surface area (Å²) in [6.07, 6.45) is 2.80. The zero-order valence-corrected chi connectivity index (χ0v) is 23.9. The number of rotatable bonds is 6. The van der Waals surface area contributed by atoms with E-state index in [0.29, 0.717) is 18.7 Å². The van der Waals surface area contributed by atoms with Crippen LogP contribution in [0.1, 0.15) is 46.2 Å². The van der Waals surface area contributed by atoms with Gasteiger partial charge in [-0.1, -0.05) is 28.9 Å². The molecule has 6 rings (SSSR count). The minimum absolute atomic E-state index is 0.0188. The SMILES string of the molecule is CCOC(=O)c1cc2c(=O)n3ccccc3nc2n(C[C@H]2CCCO2)c1=NC(=O)c1c(-c2c(F)cccc2Cl)noc1C. The summed E-state index contributed by atoms with van der Waals surface area (Å²) in [7, 11) is 0. The smallest absolute Gasteiger partial charge is 0.341 e. The second kappa shape index (κ2) is 11.5. The average molecular weight is 606 g/mol. The van der Waals surface area contributed by atoms with E-state index in [0.717, 1.165) is 6.42 Å².